The van der Waals surface area contributed by atoms with E-state index in [4.69, 9.17) is 0 Å². The first-order chi connectivity index (χ1) is 13.3. The highest BCUT2D eigenvalue weighted by Crippen LogP contribution is 2.29. The second-order valence-electron chi connectivity index (χ2n) is 6.09. The van der Waals surface area contributed by atoms with E-state index in [1.54, 1.807) is 6.08 Å². The molecule has 1 aliphatic rings. The van der Waals surface area contributed by atoms with Gasteiger partial charge in [-0.05, 0) is 37.1 Å². The summed E-state index contributed by atoms with van der Waals surface area (Å²) in [6.07, 6.45) is 1.24. The van der Waals surface area contributed by atoms with Crippen molar-refractivity contribution in [2.45, 2.75) is 19.0 Å². The van der Waals surface area contributed by atoms with Crippen LogP contribution in [0, 0.1) is 22.0 Å². The number of nitro groups is 1. The number of aromatic nitrogens is 2. The molecule has 0 spiro atoms. The Kier molecular flexibility index (Phi) is 5.59. The molecular formula is C19H15F3N4O2. The maximum atomic E-state index is 12.5. The van der Waals surface area contributed by atoms with Gasteiger partial charge in [-0.25, -0.2) is 4.98 Å². The van der Waals surface area contributed by atoms with Crippen molar-refractivity contribution in [2.75, 3.05) is 18.0 Å². The fourth-order valence-corrected chi connectivity index (χ4v) is 2.78. The van der Waals surface area contributed by atoms with Crippen molar-refractivity contribution in [1.29, 1.82) is 0 Å². The van der Waals surface area contributed by atoms with E-state index < -0.39 is 16.8 Å². The van der Waals surface area contributed by atoms with Crippen molar-refractivity contribution < 1.29 is 18.1 Å². The third kappa shape index (κ3) is 4.65. The summed E-state index contributed by atoms with van der Waals surface area (Å²) in [5, 5.41) is 11.1. The third-order valence-corrected chi connectivity index (χ3v) is 4.21. The SMILES string of the molecule is O=[N+]([O-])c1cccnc1N1CCC(=CC#Cc2ccc(C(F)(F)F)nc2)CC1. The second-order valence-corrected chi connectivity index (χ2v) is 6.09. The molecule has 144 valence electrons. The molecule has 3 rings (SSSR count). The highest BCUT2D eigenvalue weighted by atomic mass is 19.4. The molecule has 0 unspecified atom stereocenters. The van der Waals surface area contributed by atoms with Gasteiger partial charge in [0.25, 0.3) is 0 Å². The lowest BCUT2D eigenvalue weighted by molar-refractivity contribution is -0.384. The average molecular weight is 388 g/mol. The minimum absolute atomic E-state index is 0.0236. The van der Waals surface area contributed by atoms with Crippen LogP contribution in [0.2, 0.25) is 0 Å². The number of piperidine rings is 1. The number of alkyl halides is 3. The Bertz CT molecular complexity index is 950. The standard InChI is InChI=1S/C19H15F3N4O2/c20-19(21,22)17-7-6-15(13-24-17)4-1-3-14-8-11-25(12-9-14)18-16(26(27)28)5-2-10-23-18/h2-3,5-7,10,13H,8-9,11-12H2. The number of pyridine rings is 2. The highest BCUT2D eigenvalue weighted by molar-refractivity contribution is 5.58. The summed E-state index contributed by atoms with van der Waals surface area (Å²) in [4.78, 5) is 20.0. The number of hydrogen-bond donors (Lipinski definition) is 0. The van der Waals surface area contributed by atoms with Crippen molar-refractivity contribution in [3.63, 3.8) is 0 Å². The molecule has 1 aliphatic heterocycles. The molecule has 0 amide bonds. The maximum Gasteiger partial charge on any atom is 0.433 e. The summed E-state index contributed by atoms with van der Waals surface area (Å²) in [6.45, 7) is 1.15. The summed E-state index contributed by atoms with van der Waals surface area (Å²) >= 11 is 0. The number of allylic oxidation sites excluding steroid dienone is 1. The van der Waals surface area contributed by atoms with Gasteiger partial charge in [0.1, 0.15) is 5.69 Å². The maximum absolute atomic E-state index is 12.5. The Labute approximate surface area is 158 Å². The van der Waals surface area contributed by atoms with Crippen LogP contribution < -0.4 is 4.90 Å². The summed E-state index contributed by atoms with van der Waals surface area (Å²) in [5.74, 6) is 5.96. The van der Waals surface area contributed by atoms with E-state index in [0.29, 0.717) is 37.3 Å². The molecule has 0 aliphatic carbocycles. The minimum atomic E-state index is -4.47. The molecule has 0 bridgehead atoms. The molecule has 0 saturated carbocycles. The highest BCUT2D eigenvalue weighted by Gasteiger charge is 2.31. The van der Waals surface area contributed by atoms with E-state index in [9.17, 15) is 23.3 Å². The normalized spacial score (nSPS) is 14.2. The zero-order valence-corrected chi connectivity index (χ0v) is 14.6. The predicted molar refractivity (Wildman–Crippen MR) is 96.5 cm³/mol. The van der Waals surface area contributed by atoms with Crippen molar-refractivity contribution in [2.24, 2.45) is 0 Å². The van der Waals surface area contributed by atoms with Gasteiger partial charge < -0.3 is 4.90 Å². The number of hydrogen-bond acceptors (Lipinski definition) is 5. The van der Waals surface area contributed by atoms with Gasteiger partial charge in [-0.1, -0.05) is 17.4 Å². The largest absolute Gasteiger partial charge is 0.433 e. The molecule has 0 atom stereocenters. The van der Waals surface area contributed by atoms with Crippen LogP contribution in [0.4, 0.5) is 24.7 Å². The summed E-state index contributed by atoms with van der Waals surface area (Å²) in [7, 11) is 0. The Morgan fingerprint density at radius 1 is 1.18 bits per heavy atom. The Morgan fingerprint density at radius 3 is 2.54 bits per heavy atom. The van der Waals surface area contributed by atoms with E-state index in [1.807, 2.05) is 4.90 Å². The molecule has 1 saturated heterocycles. The monoisotopic (exact) mass is 388 g/mol. The van der Waals surface area contributed by atoms with Gasteiger partial charge in [0.2, 0.25) is 5.82 Å². The van der Waals surface area contributed by atoms with Gasteiger partial charge in [-0.2, -0.15) is 13.2 Å². The number of nitrogens with zero attached hydrogens (tertiary/aromatic N) is 4. The van der Waals surface area contributed by atoms with Crippen LogP contribution in [0.1, 0.15) is 24.1 Å². The summed E-state index contributed by atoms with van der Waals surface area (Å²) < 4.78 is 37.5. The molecule has 9 heteroatoms. The first kappa shape index (κ1) is 19.4. The molecule has 6 nitrogen and oxygen atoms in total. The van der Waals surface area contributed by atoms with Gasteiger partial charge >= 0.3 is 11.9 Å². The van der Waals surface area contributed by atoms with Gasteiger partial charge in [0.05, 0.1) is 4.92 Å². The van der Waals surface area contributed by atoms with Gasteiger partial charge in [-0.15, -0.1) is 0 Å². The van der Waals surface area contributed by atoms with Crippen LogP contribution in [0.3, 0.4) is 0 Å². The molecule has 2 aromatic rings. The van der Waals surface area contributed by atoms with Crippen molar-refractivity contribution in [3.8, 4) is 11.8 Å². The molecule has 3 heterocycles. The number of rotatable bonds is 2. The van der Waals surface area contributed by atoms with E-state index in [1.165, 1.54) is 24.4 Å². The fraction of sp³-hybridized carbons (Fsp3) is 0.263. The third-order valence-electron chi connectivity index (χ3n) is 4.21. The van der Waals surface area contributed by atoms with Crippen LogP contribution in [-0.4, -0.2) is 28.0 Å². The molecule has 2 aromatic heterocycles. The Balaban J connectivity index is 1.63. The number of halogens is 3. The van der Waals surface area contributed by atoms with Crippen LogP contribution in [0.15, 0.2) is 48.3 Å². The fourth-order valence-electron chi connectivity index (χ4n) is 2.78. The van der Waals surface area contributed by atoms with Crippen LogP contribution in [0.5, 0.6) is 0 Å². The molecule has 28 heavy (non-hydrogen) atoms. The topological polar surface area (TPSA) is 72.2 Å². The lowest BCUT2D eigenvalue weighted by atomic mass is 10.0. The predicted octanol–water partition coefficient (Wildman–Crippen LogP) is 3.98. The van der Waals surface area contributed by atoms with E-state index in [-0.39, 0.29) is 5.69 Å². The average Bonchev–Trinajstić information content (AvgIpc) is 2.68. The second kappa shape index (κ2) is 8.08. The van der Waals surface area contributed by atoms with Gasteiger partial charge in [0, 0.05) is 37.1 Å². The van der Waals surface area contributed by atoms with Crippen molar-refractivity contribution in [1.82, 2.24) is 9.97 Å². The Morgan fingerprint density at radius 2 is 1.93 bits per heavy atom. The van der Waals surface area contributed by atoms with E-state index >= 15 is 0 Å². The minimum Gasteiger partial charge on any atom is -0.350 e. The van der Waals surface area contributed by atoms with E-state index in [2.05, 4.69) is 21.8 Å². The first-order valence-electron chi connectivity index (χ1n) is 8.41. The zero-order chi connectivity index (χ0) is 20.1. The van der Waals surface area contributed by atoms with E-state index in [0.717, 1.165) is 17.8 Å². The van der Waals surface area contributed by atoms with Crippen LogP contribution in [0.25, 0.3) is 0 Å². The summed E-state index contributed by atoms with van der Waals surface area (Å²) in [5.41, 5.74) is 0.491. The molecule has 0 radical (unpaired) electrons. The molecule has 1 fully saturated rings. The number of anilines is 1. The van der Waals surface area contributed by atoms with Crippen molar-refractivity contribution in [3.05, 3.63) is 69.7 Å². The molecular weight excluding hydrogens is 373 g/mol. The zero-order valence-electron chi connectivity index (χ0n) is 14.6. The molecule has 0 N–H and O–H groups in total. The molecule has 0 aromatic carbocycles. The van der Waals surface area contributed by atoms with Gasteiger partial charge in [-0.3, -0.25) is 15.1 Å². The first-order valence-corrected chi connectivity index (χ1v) is 8.41. The smallest absolute Gasteiger partial charge is 0.350 e. The van der Waals surface area contributed by atoms with Crippen LogP contribution >= 0.6 is 0 Å². The Hall–Kier alpha value is -3.41. The van der Waals surface area contributed by atoms with Crippen LogP contribution in [-0.2, 0) is 6.18 Å². The van der Waals surface area contributed by atoms with Crippen molar-refractivity contribution >= 4 is 11.5 Å². The van der Waals surface area contributed by atoms with Gasteiger partial charge in [0.15, 0.2) is 0 Å². The lowest BCUT2D eigenvalue weighted by Gasteiger charge is -2.28. The quantitative estimate of drug-likeness (QED) is 0.442. The summed E-state index contributed by atoms with van der Waals surface area (Å²) in [6, 6.07) is 5.14. The lowest BCUT2D eigenvalue weighted by Crippen LogP contribution is -2.31.